The zero-order valence-electron chi connectivity index (χ0n) is 16.5. The molecule has 1 amide bonds. The van der Waals surface area contributed by atoms with E-state index in [1.807, 2.05) is 0 Å². The Hall–Kier alpha value is -2.00. The molecule has 7 nitrogen and oxygen atoms in total. The average molecular weight is 427 g/mol. The van der Waals surface area contributed by atoms with E-state index in [-0.39, 0.29) is 23.9 Å². The Morgan fingerprint density at radius 2 is 1.62 bits per heavy atom. The second-order valence-corrected chi connectivity index (χ2v) is 9.54. The maximum atomic E-state index is 13.1. The molecule has 2 heterocycles. The van der Waals surface area contributed by atoms with Crippen molar-refractivity contribution in [1.82, 2.24) is 9.21 Å². The van der Waals surface area contributed by atoms with Crippen molar-refractivity contribution in [2.75, 3.05) is 26.2 Å². The lowest BCUT2D eigenvalue weighted by Gasteiger charge is -2.32. The van der Waals surface area contributed by atoms with E-state index in [1.165, 1.54) is 16.4 Å². The van der Waals surface area contributed by atoms with E-state index in [4.69, 9.17) is 4.74 Å². The second kappa shape index (κ2) is 9.21. The normalized spacial score (nSPS) is 20.3. The Morgan fingerprint density at radius 1 is 1.03 bits per heavy atom. The third-order valence-electron chi connectivity index (χ3n) is 5.55. The number of sulfonamides is 1. The molecule has 0 aromatic heterocycles. The monoisotopic (exact) mass is 426 g/mol. The van der Waals surface area contributed by atoms with E-state index in [9.17, 15) is 22.4 Å². The first-order valence-electron chi connectivity index (χ1n) is 10.0. The van der Waals surface area contributed by atoms with E-state index in [0.717, 1.165) is 31.4 Å². The van der Waals surface area contributed by atoms with Crippen LogP contribution >= 0.6 is 0 Å². The minimum absolute atomic E-state index is 0.0284. The number of amides is 1. The van der Waals surface area contributed by atoms with Crippen LogP contribution in [-0.4, -0.2) is 61.8 Å². The minimum atomic E-state index is -3.73. The fourth-order valence-corrected chi connectivity index (χ4v) is 5.25. The highest BCUT2D eigenvalue weighted by molar-refractivity contribution is 7.89. The average Bonchev–Trinajstić information content (AvgIpc) is 2.74. The Labute approximate surface area is 170 Å². The van der Waals surface area contributed by atoms with Crippen LogP contribution in [0.3, 0.4) is 0 Å². The van der Waals surface area contributed by atoms with Crippen molar-refractivity contribution < 1.29 is 27.1 Å². The van der Waals surface area contributed by atoms with Gasteiger partial charge in [0.05, 0.1) is 10.8 Å². The van der Waals surface area contributed by atoms with Gasteiger partial charge in [-0.3, -0.25) is 9.59 Å². The summed E-state index contributed by atoms with van der Waals surface area (Å²) in [6.45, 7) is 3.32. The number of ether oxygens (including phenoxy) is 1. The number of rotatable bonds is 5. The zero-order valence-corrected chi connectivity index (χ0v) is 17.4. The van der Waals surface area contributed by atoms with Crippen LogP contribution in [0.4, 0.5) is 4.39 Å². The van der Waals surface area contributed by atoms with Crippen LogP contribution in [0.5, 0.6) is 0 Å². The molecule has 0 N–H and O–H groups in total. The van der Waals surface area contributed by atoms with Crippen LogP contribution in [0.1, 0.15) is 39.0 Å². The van der Waals surface area contributed by atoms with E-state index in [1.54, 1.807) is 11.8 Å². The lowest BCUT2D eigenvalue weighted by atomic mass is 9.98. The van der Waals surface area contributed by atoms with Crippen LogP contribution in [0.2, 0.25) is 0 Å². The summed E-state index contributed by atoms with van der Waals surface area (Å²) in [7, 11) is -3.73. The molecule has 0 spiro atoms. The number of carbonyl (C=O) groups is 2. The van der Waals surface area contributed by atoms with E-state index in [0.29, 0.717) is 25.9 Å². The lowest BCUT2D eigenvalue weighted by molar-refractivity contribution is -0.163. The maximum Gasteiger partial charge on any atom is 0.309 e. The fraction of sp³-hybridized carbons (Fsp3) is 0.600. The number of likely N-dealkylation sites (tertiary alicyclic amines) is 1. The summed E-state index contributed by atoms with van der Waals surface area (Å²) in [5, 5.41) is 0. The van der Waals surface area contributed by atoms with Crippen molar-refractivity contribution in [2.24, 2.45) is 5.92 Å². The van der Waals surface area contributed by atoms with Crippen molar-refractivity contribution >= 4 is 21.9 Å². The first-order chi connectivity index (χ1) is 13.8. The third kappa shape index (κ3) is 5.14. The van der Waals surface area contributed by atoms with Crippen LogP contribution in [0.25, 0.3) is 0 Å². The predicted octanol–water partition coefficient (Wildman–Crippen LogP) is 2.17. The van der Waals surface area contributed by atoms with Gasteiger partial charge in [0.15, 0.2) is 6.10 Å². The number of carbonyl (C=O) groups excluding carboxylic acids is 2. The highest BCUT2D eigenvalue weighted by Gasteiger charge is 2.34. The van der Waals surface area contributed by atoms with Gasteiger partial charge in [-0.1, -0.05) is 0 Å². The van der Waals surface area contributed by atoms with Crippen LogP contribution in [0, 0.1) is 11.7 Å². The number of benzene rings is 1. The van der Waals surface area contributed by atoms with E-state index >= 15 is 0 Å². The van der Waals surface area contributed by atoms with E-state index in [2.05, 4.69) is 0 Å². The summed E-state index contributed by atoms with van der Waals surface area (Å²) in [6, 6.07) is 4.69. The molecule has 0 unspecified atom stereocenters. The van der Waals surface area contributed by atoms with Crippen LogP contribution < -0.4 is 0 Å². The molecule has 2 aliphatic heterocycles. The molecule has 1 aromatic carbocycles. The minimum Gasteiger partial charge on any atom is -0.452 e. The van der Waals surface area contributed by atoms with Crippen molar-refractivity contribution in [3.8, 4) is 0 Å². The predicted molar refractivity (Wildman–Crippen MR) is 104 cm³/mol. The van der Waals surface area contributed by atoms with Crippen LogP contribution in [0.15, 0.2) is 29.2 Å². The third-order valence-corrected chi connectivity index (χ3v) is 7.46. The van der Waals surface area contributed by atoms with Gasteiger partial charge in [-0.05, 0) is 63.3 Å². The zero-order chi connectivity index (χ0) is 21.0. The quantitative estimate of drug-likeness (QED) is 0.674. The number of piperidine rings is 2. The van der Waals surface area contributed by atoms with Gasteiger partial charge in [0.2, 0.25) is 10.0 Å². The largest absolute Gasteiger partial charge is 0.452 e. The van der Waals surface area contributed by atoms with Gasteiger partial charge in [-0.25, -0.2) is 12.8 Å². The van der Waals surface area contributed by atoms with Gasteiger partial charge >= 0.3 is 5.97 Å². The summed E-state index contributed by atoms with van der Waals surface area (Å²) in [6.07, 6.45) is 2.85. The molecule has 0 radical (unpaired) electrons. The molecule has 0 aliphatic carbocycles. The molecule has 2 saturated heterocycles. The van der Waals surface area contributed by atoms with Gasteiger partial charge in [0.1, 0.15) is 5.82 Å². The summed E-state index contributed by atoms with van der Waals surface area (Å²) in [5.41, 5.74) is 0. The van der Waals surface area contributed by atoms with Crippen molar-refractivity contribution in [1.29, 1.82) is 0 Å². The molecular weight excluding hydrogens is 399 g/mol. The number of hydrogen-bond acceptors (Lipinski definition) is 5. The van der Waals surface area contributed by atoms with Crippen molar-refractivity contribution in [3.63, 3.8) is 0 Å². The molecule has 1 atom stereocenters. The standard InChI is InChI=1S/C20H27FN2O5S/c1-15(19(24)22-11-3-2-4-12-22)28-20(25)16-9-13-23(14-10-16)29(26,27)18-7-5-17(21)6-8-18/h5-8,15-16H,2-4,9-14H2,1H3/t15-/m1/s1. The molecular formula is C20H27FN2O5S. The Kier molecular flexibility index (Phi) is 6.89. The Bertz CT molecular complexity index is 829. The maximum absolute atomic E-state index is 13.1. The molecule has 0 bridgehead atoms. The SMILES string of the molecule is C[C@@H](OC(=O)C1CCN(S(=O)(=O)c2ccc(F)cc2)CC1)C(=O)N1CCCCC1. The highest BCUT2D eigenvalue weighted by Crippen LogP contribution is 2.25. The Balaban J connectivity index is 1.52. The van der Waals surface area contributed by atoms with Gasteiger partial charge in [-0.15, -0.1) is 0 Å². The molecule has 2 aliphatic rings. The Morgan fingerprint density at radius 3 is 2.21 bits per heavy atom. The van der Waals surface area contributed by atoms with Gasteiger partial charge in [0, 0.05) is 26.2 Å². The molecule has 9 heteroatoms. The van der Waals surface area contributed by atoms with Crippen molar-refractivity contribution in [2.45, 2.75) is 50.0 Å². The molecule has 2 fully saturated rings. The van der Waals surface area contributed by atoms with Crippen molar-refractivity contribution in [3.05, 3.63) is 30.1 Å². The van der Waals surface area contributed by atoms with Crippen LogP contribution in [-0.2, 0) is 24.3 Å². The molecule has 160 valence electrons. The topological polar surface area (TPSA) is 84.0 Å². The number of hydrogen-bond donors (Lipinski definition) is 0. The molecule has 29 heavy (non-hydrogen) atoms. The van der Waals surface area contributed by atoms with E-state index < -0.39 is 33.8 Å². The number of nitrogens with zero attached hydrogens (tertiary/aromatic N) is 2. The highest BCUT2D eigenvalue weighted by atomic mass is 32.2. The first-order valence-corrected chi connectivity index (χ1v) is 11.5. The summed E-state index contributed by atoms with van der Waals surface area (Å²) in [5.74, 6) is -1.57. The summed E-state index contributed by atoms with van der Waals surface area (Å²) < 4.78 is 45.0. The lowest BCUT2D eigenvalue weighted by Crippen LogP contribution is -2.44. The fourth-order valence-electron chi connectivity index (χ4n) is 3.78. The van der Waals surface area contributed by atoms with Gasteiger partial charge < -0.3 is 9.64 Å². The molecule has 1 aromatic rings. The summed E-state index contributed by atoms with van der Waals surface area (Å²) >= 11 is 0. The smallest absolute Gasteiger partial charge is 0.309 e. The van der Waals surface area contributed by atoms with Gasteiger partial charge in [-0.2, -0.15) is 4.31 Å². The first kappa shape index (κ1) is 21.7. The summed E-state index contributed by atoms with van der Waals surface area (Å²) in [4.78, 5) is 26.6. The number of halogens is 1. The van der Waals surface area contributed by atoms with Gasteiger partial charge in [0.25, 0.3) is 5.91 Å². The molecule has 0 saturated carbocycles. The second-order valence-electron chi connectivity index (χ2n) is 7.60. The molecule has 3 rings (SSSR count). The number of esters is 1.